The first-order valence-electron chi connectivity index (χ1n) is 8.71. The predicted molar refractivity (Wildman–Crippen MR) is 117 cm³/mol. The highest BCUT2D eigenvalue weighted by atomic mass is 35.5. The first kappa shape index (κ1) is 23.8. The van der Waals surface area contributed by atoms with Crippen LogP contribution in [0.2, 0.25) is 10.0 Å². The Balaban J connectivity index is 0.000000614. The lowest BCUT2D eigenvalue weighted by Crippen LogP contribution is -2.09. The molecule has 1 aromatic heterocycles. The van der Waals surface area contributed by atoms with E-state index >= 15 is 0 Å². The monoisotopic (exact) mass is 467 g/mol. The van der Waals surface area contributed by atoms with Crippen LogP contribution in [0, 0.1) is 15.9 Å². The lowest BCUT2D eigenvalue weighted by Gasteiger charge is -2.03. The van der Waals surface area contributed by atoms with Crippen molar-refractivity contribution in [2.45, 2.75) is 6.92 Å². The minimum atomic E-state index is -0.776. The average Bonchev–Trinajstić information content (AvgIpc) is 3.12. The van der Waals surface area contributed by atoms with Crippen molar-refractivity contribution in [3.05, 3.63) is 74.1 Å². The second-order valence-electron chi connectivity index (χ2n) is 5.85. The molecule has 8 nitrogen and oxygen atoms in total. The lowest BCUT2D eigenvalue weighted by atomic mass is 10.1. The fourth-order valence-electron chi connectivity index (χ4n) is 2.47. The highest BCUT2D eigenvalue weighted by Crippen LogP contribution is 2.31. The van der Waals surface area contributed by atoms with E-state index in [0.29, 0.717) is 39.6 Å². The summed E-state index contributed by atoms with van der Waals surface area (Å²) in [6.07, 6.45) is 4.31. The van der Waals surface area contributed by atoms with Crippen LogP contribution in [0.15, 0.2) is 42.6 Å². The van der Waals surface area contributed by atoms with Crippen LogP contribution in [0.25, 0.3) is 17.0 Å². The summed E-state index contributed by atoms with van der Waals surface area (Å²) in [7, 11) is 0. The molecule has 0 aliphatic heterocycles. The van der Waals surface area contributed by atoms with E-state index in [9.17, 15) is 24.1 Å². The fraction of sp³-hybridized carbons (Fsp3) is 0.100. The molecule has 0 aliphatic rings. The molecule has 2 N–H and O–H groups in total. The molecule has 0 bridgehead atoms. The molecule has 0 atom stereocenters. The number of anilines is 1. The Morgan fingerprint density at radius 1 is 1.32 bits per heavy atom. The van der Waals surface area contributed by atoms with E-state index in [0.717, 1.165) is 18.2 Å². The molecule has 0 unspecified atom stereocenters. The Kier molecular flexibility index (Phi) is 8.53. The molecule has 0 fully saturated rings. The minimum Gasteiger partial charge on any atom is -0.468 e. The van der Waals surface area contributed by atoms with Crippen LogP contribution in [0.4, 0.5) is 15.8 Å². The second-order valence-corrected chi connectivity index (χ2v) is 6.69. The van der Waals surface area contributed by atoms with Gasteiger partial charge >= 0.3 is 0 Å². The second kappa shape index (κ2) is 11.1. The molecular formula is C20H16Cl2FN3O5. The SMILES string of the molecule is CCOC=O.O=C(C=Cc1c[nH]c2cc(Cl)cc(Cl)c12)Nc1cc([N+](=O)[O-])ccc1F. The van der Waals surface area contributed by atoms with Gasteiger partial charge in [-0.1, -0.05) is 23.2 Å². The molecule has 3 rings (SSSR count). The van der Waals surface area contributed by atoms with Crippen LogP contribution in [0.3, 0.4) is 0 Å². The van der Waals surface area contributed by atoms with Crippen LogP contribution in [0.1, 0.15) is 12.5 Å². The maximum absolute atomic E-state index is 13.7. The first-order valence-corrected chi connectivity index (χ1v) is 9.46. The van der Waals surface area contributed by atoms with Crippen molar-refractivity contribution in [1.82, 2.24) is 4.98 Å². The van der Waals surface area contributed by atoms with Gasteiger partial charge < -0.3 is 15.0 Å². The summed E-state index contributed by atoms with van der Waals surface area (Å²) < 4.78 is 17.9. The van der Waals surface area contributed by atoms with E-state index < -0.39 is 16.6 Å². The number of halogens is 3. The molecule has 0 aliphatic carbocycles. The zero-order valence-electron chi connectivity index (χ0n) is 16.0. The number of ether oxygens (including phenoxy) is 1. The molecule has 31 heavy (non-hydrogen) atoms. The molecule has 0 spiro atoms. The number of rotatable bonds is 6. The van der Waals surface area contributed by atoms with Crippen molar-refractivity contribution < 1.29 is 23.6 Å². The van der Waals surface area contributed by atoms with Crippen LogP contribution in [-0.2, 0) is 14.3 Å². The van der Waals surface area contributed by atoms with E-state index in [-0.39, 0.29) is 11.4 Å². The summed E-state index contributed by atoms with van der Waals surface area (Å²) in [4.78, 5) is 34.3. The Hall–Kier alpha value is -3.43. The summed E-state index contributed by atoms with van der Waals surface area (Å²) >= 11 is 12.1. The number of nitrogens with zero attached hydrogens (tertiary/aromatic N) is 1. The maximum atomic E-state index is 13.7. The van der Waals surface area contributed by atoms with Gasteiger partial charge in [0.05, 0.1) is 22.2 Å². The standard InChI is InChI=1S/C17H10Cl2FN3O3.C3H6O2/c18-10-5-12(19)17-9(8-21-15(17)6-10)1-4-16(24)22-14-7-11(23(25)26)2-3-13(14)20;1-2-5-3-4/h1-8,21H,(H,22,24);3H,2H2,1H3. The van der Waals surface area contributed by atoms with Crippen molar-refractivity contribution >= 4 is 63.9 Å². The summed E-state index contributed by atoms with van der Waals surface area (Å²) in [5.74, 6) is -1.43. The van der Waals surface area contributed by atoms with E-state index in [2.05, 4.69) is 15.0 Å². The van der Waals surface area contributed by atoms with Gasteiger partial charge in [0.15, 0.2) is 0 Å². The Bertz CT molecular complexity index is 1150. The topological polar surface area (TPSA) is 114 Å². The number of nitro benzene ring substituents is 1. The largest absolute Gasteiger partial charge is 0.468 e. The summed E-state index contributed by atoms with van der Waals surface area (Å²) in [6.45, 7) is 2.66. The molecule has 0 radical (unpaired) electrons. The van der Waals surface area contributed by atoms with Gasteiger partial charge in [-0.15, -0.1) is 0 Å². The van der Waals surface area contributed by atoms with Crippen molar-refractivity contribution in [3.8, 4) is 0 Å². The molecule has 11 heteroatoms. The van der Waals surface area contributed by atoms with E-state index in [1.54, 1.807) is 25.3 Å². The van der Waals surface area contributed by atoms with Gasteiger partial charge in [0, 0.05) is 45.9 Å². The Morgan fingerprint density at radius 2 is 2.06 bits per heavy atom. The fourth-order valence-corrected chi connectivity index (χ4v) is 3.07. The van der Waals surface area contributed by atoms with Gasteiger partial charge in [-0.2, -0.15) is 0 Å². The zero-order valence-corrected chi connectivity index (χ0v) is 17.5. The Morgan fingerprint density at radius 3 is 2.68 bits per heavy atom. The quantitative estimate of drug-likeness (QED) is 0.219. The minimum absolute atomic E-state index is 0.280. The van der Waals surface area contributed by atoms with E-state index in [1.165, 1.54) is 12.2 Å². The van der Waals surface area contributed by atoms with Crippen LogP contribution < -0.4 is 5.32 Å². The maximum Gasteiger partial charge on any atom is 0.293 e. The van der Waals surface area contributed by atoms with E-state index in [4.69, 9.17) is 23.2 Å². The van der Waals surface area contributed by atoms with Gasteiger partial charge in [0.25, 0.3) is 12.2 Å². The third kappa shape index (κ3) is 6.53. The highest BCUT2D eigenvalue weighted by Gasteiger charge is 2.12. The summed E-state index contributed by atoms with van der Waals surface area (Å²) in [6, 6.07) is 6.15. The number of benzene rings is 2. The molecular weight excluding hydrogens is 452 g/mol. The van der Waals surface area contributed by atoms with Crippen molar-refractivity contribution in [2.75, 3.05) is 11.9 Å². The number of hydrogen-bond donors (Lipinski definition) is 2. The van der Waals surface area contributed by atoms with E-state index in [1.807, 2.05) is 0 Å². The third-order valence-corrected chi connectivity index (χ3v) is 4.31. The normalized spacial score (nSPS) is 10.5. The van der Waals surface area contributed by atoms with Gasteiger partial charge in [-0.25, -0.2) is 4.39 Å². The van der Waals surface area contributed by atoms with Crippen molar-refractivity contribution in [3.63, 3.8) is 0 Å². The number of nitrogens with one attached hydrogen (secondary N) is 2. The molecule has 0 saturated heterocycles. The third-order valence-electron chi connectivity index (χ3n) is 3.79. The molecule has 3 aromatic rings. The number of non-ortho nitro benzene ring substituents is 1. The van der Waals surface area contributed by atoms with Gasteiger partial charge in [-0.05, 0) is 31.2 Å². The van der Waals surface area contributed by atoms with Gasteiger partial charge in [0.2, 0.25) is 5.91 Å². The number of aromatic amines is 1. The van der Waals surface area contributed by atoms with Crippen molar-refractivity contribution in [1.29, 1.82) is 0 Å². The molecule has 162 valence electrons. The summed E-state index contributed by atoms with van der Waals surface area (Å²) in [5.41, 5.74) is 0.729. The molecule has 0 saturated carbocycles. The number of carbonyl (C=O) groups excluding carboxylic acids is 2. The average molecular weight is 468 g/mol. The number of H-pyrrole nitrogens is 1. The summed E-state index contributed by atoms with van der Waals surface area (Å²) in [5, 5.41) is 14.6. The molecule has 1 amide bonds. The van der Waals surface area contributed by atoms with Gasteiger partial charge in [-0.3, -0.25) is 19.7 Å². The number of fused-ring (bicyclic) bond motifs is 1. The number of carbonyl (C=O) groups is 2. The molecule has 2 aromatic carbocycles. The zero-order chi connectivity index (χ0) is 23.0. The van der Waals surface area contributed by atoms with Crippen molar-refractivity contribution in [2.24, 2.45) is 0 Å². The highest BCUT2D eigenvalue weighted by molar-refractivity contribution is 6.39. The van der Waals surface area contributed by atoms with Crippen LogP contribution in [-0.4, -0.2) is 28.9 Å². The molecule has 1 heterocycles. The lowest BCUT2D eigenvalue weighted by molar-refractivity contribution is -0.384. The predicted octanol–water partition coefficient (Wildman–Crippen LogP) is 5.35. The number of aromatic nitrogens is 1. The first-order chi connectivity index (χ1) is 14.8. The van der Waals surface area contributed by atoms with Gasteiger partial charge in [0.1, 0.15) is 5.82 Å². The van der Waals surface area contributed by atoms with Crippen LogP contribution in [0.5, 0.6) is 0 Å². The smallest absolute Gasteiger partial charge is 0.293 e. The number of nitro groups is 1. The number of amides is 1. The Labute approximate surface area is 185 Å². The number of hydrogen-bond acceptors (Lipinski definition) is 5. The van der Waals surface area contributed by atoms with Crippen LogP contribution >= 0.6 is 23.2 Å².